The van der Waals surface area contributed by atoms with Crippen molar-refractivity contribution >= 4 is 11.6 Å². The van der Waals surface area contributed by atoms with Crippen molar-refractivity contribution in [2.45, 2.75) is 12.8 Å². The van der Waals surface area contributed by atoms with E-state index in [2.05, 4.69) is 0 Å². The van der Waals surface area contributed by atoms with Crippen LogP contribution in [-0.4, -0.2) is 20.1 Å². The minimum Gasteiger partial charge on any atom is -0.495 e. The van der Waals surface area contributed by atoms with E-state index in [1.165, 1.54) is 5.56 Å². The molecule has 0 unspecified atom stereocenters. The van der Waals surface area contributed by atoms with Gasteiger partial charge in [0.15, 0.2) is 0 Å². The Morgan fingerprint density at radius 2 is 1.70 bits per heavy atom. The maximum Gasteiger partial charge on any atom is 0.227 e. The Balaban J connectivity index is 2.02. The van der Waals surface area contributed by atoms with Gasteiger partial charge in [-0.15, -0.1) is 0 Å². The van der Waals surface area contributed by atoms with E-state index in [0.717, 1.165) is 12.1 Å². The van der Waals surface area contributed by atoms with Crippen LogP contribution in [0.25, 0.3) is 0 Å². The van der Waals surface area contributed by atoms with Crippen molar-refractivity contribution in [3.05, 3.63) is 60.2 Å². The monoisotopic (exact) mass is 269 g/mol. The summed E-state index contributed by atoms with van der Waals surface area (Å²) < 4.78 is 5.29. The van der Waals surface area contributed by atoms with E-state index in [9.17, 15) is 4.79 Å². The average molecular weight is 269 g/mol. The predicted molar refractivity (Wildman–Crippen MR) is 81.2 cm³/mol. The van der Waals surface area contributed by atoms with E-state index in [0.29, 0.717) is 12.2 Å². The van der Waals surface area contributed by atoms with Crippen LogP contribution in [0.5, 0.6) is 5.75 Å². The number of methoxy groups -OCH3 is 1. The normalized spacial score (nSPS) is 10.1. The highest BCUT2D eigenvalue weighted by atomic mass is 16.5. The van der Waals surface area contributed by atoms with Gasteiger partial charge < -0.3 is 9.64 Å². The summed E-state index contributed by atoms with van der Waals surface area (Å²) in [6, 6.07) is 17.6. The molecule has 104 valence electrons. The number of nitrogens with zero attached hydrogens (tertiary/aromatic N) is 1. The Morgan fingerprint density at radius 3 is 2.40 bits per heavy atom. The van der Waals surface area contributed by atoms with Crippen molar-refractivity contribution in [3.8, 4) is 5.75 Å². The molecule has 0 aromatic heterocycles. The van der Waals surface area contributed by atoms with Crippen molar-refractivity contribution < 1.29 is 9.53 Å². The Kier molecular flexibility index (Phi) is 4.77. The number of para-hydroxylation sites is 2. The van der Waals surface area contributed by atoms with Gasteiger partial charge in [0, 0.05) is 13.5 Å². The fraction of sp³-hybridized carbons (Fsp3) is 0.235. The highest BCUT2D eigenvalue weighted by Crippen LogP contribution is 2.27. The van der Waals surface area contributed by atoms with Crippen molar-refractivity contribution in [2.24, 2.45) is 0 Å². The summed E-state index contributed by atoms with van der Waals surface area (Å²) in [4.78, 5) is 13.9. The summed E-state index contributed by atoms with van der Waals surface area (Å²) in [5, 5.41) is 0. The number of carbonyl (C=O) groups excluding carboxylic acids is 1. The van der Waals surface area contributed by atoms with E-state index < -0.39 is 0 Å². The fourth-order valence-corrected chi connectivity index (χ4v) is 2.10. The number of aryl methyl sites for hydroxylation is 1. The number of ether oxygens (including phenoxy) is 1. The number of hydrogen-bond acceptors (Lipinski definition) is 2. The van der Waals surface area contributed by atoms with Gasteiger partial charge in [-0.3, -0.25) is 4.79 Å². The van der Waals surface area contributed by atoms with Crippen molar-refractivity contribution in [2.75, 3.05) is 19.1 Å². The van der Waals surface area contributed by atoms with Crippen LogP contribution in [-0.2, 0) is 11.2 Å². The van der Waals surface area contributed by atoms with E-state index in [-0.39, 0.29) is 5.91 Å². The molecule has 1 amide bonds. The topological polar surface area (TPSA) is 29.5 Å². The maximum absolute atomic E-state index is 12.3. The summed E-state index contributed by atoms with van der Waals surface area (Å²) in [6.07, 6.45) is 1.23. The van der Waals surface area contributed by atoms with Crippen LogP contribution in [0.4, 0.5) is 5.69 Å². The van der Waals surface area contributed by atoms with Gasteiger partial charge in [-0.05, 0) is 24.1 Å². The lowest BCUT2D eigenvalue weighted by atomic mass is 10.1. The predicted octanol–water partition coefficient (Wildman–Crippen LogP) is 3.29. The lowest BCUT2D eigenvalue weighted by Crippen LogP contribution is -2.26. The number of hydrogen-bond donors (Lipinski definition) is 0. The molecule has 0 N–H and O–H groups in total. The van der Waals surface area contributed by atoms with Crippen LogP contribution in [0.15, 0.2) is 54.6 Å². The third kappa shape index (κ3) is 3.38. The molecule has 0 saturated heterocycles. The first-order valence-corrected chi connectivity index (χ1v) is 6.66. The molecule has 0 fully saturated rings. The SMILES string of the molecule is COc1ccccc1N(C)C(=O)CCc1ccccc1. The molecule has 0 aliphatic carbocycles. The number of rotatable bonds is 5. The van der Waals surface area contributed by atoms with Crippen LogP contribution in [0.3, 0.4) is 0 Å². The third-order valence-electron chi connectivity index (χ3n) is 3.29. The number of benzene rings is 2. The summed E-state index contributed by atoms with van der Waals surface area (Å²) in [5.74, 6) is 0.793. The summed E-state index contributed by atoms with van der Waals surface area (Å²) in [7, 11) is 3.40. The number of anilines is 1. The fourth-order valence-electron chi connectivity index (χ4n) is 2.10. The molecule has 2 rings (SSSR count). The smallest absolute Gasteiger partial charge is 0.227 e. The van der Waals surface area contributed by atoms with Gasteiger partial charge in [0.2, 0.25) is 5.91 Å². The van der Waals surface area contributed by atoms with Gasteiger partial charge in [-0.25, -0.2) is 0 Å². The maximum atomic E-state index is 12.3. The second-order valence-electron chi connectivity index (χ2n) is 4.61. The molecule has 0 spiro atoms. The lowest BCUT2D eigenvalue weighted by molar-refractivity contribution is -0.118. The van der Waals surface area contributed by atoms with Crippen LogP contribution >= 0.6 is 0 Å². The first-order chi connectivity index (χ1) is 9.72. The molecule has 0 heterocycles. The van der Waals surface area contributed by atoms with Crippen molar-refractivity contribution in [3.63, 3.8) is 0 Å². The van der Waals surface area contributed by atoms with Crippen LogP contribution in [0.2, 0.25) is 0 Å². The minimum absolute atomic E-state index is 0.0818. The van der Waals surface area contributed by atoms with Gasteiger partial charge in [-0.2, -0.15) is 0 Å². The molecule has 0 aliphatic heterocycles. The molecule has 0 radical (unpaired) electrons. The zero-order valence-electron chi connectivity index (χ0n) is 11.9. The summed E-state index contributed by atoms with van der Waals surface area (Å²) in [5.41, 5.74) is 1.97. The van der Waals surface area contributed by atoms with Gasteiger partial charge >= 0.3 is 0 Å². The van der Waals surface area contributed by atoms with Gasteiger partial charge in [0.25, 0.3) is 0 Å². The van der Waals surface area contributed by atoms with E-state index in [1.54, 1.807) is 19.1 Å². The number of amides is 1. The molecule has 20 heavy (non-hydrogen) atoms. The van der Waals surface area contributed by atoms with Gasteiger partial charge in [0.05, 0.1) is 12.8 Å². The van der Waals surface area contributed by atoms with E-state index >= 15 is 0 Å². The number of carbonyl (C=O) groups is 1. The molecule has 0 atom stereocenters. The quantitative estimate of drug-likeness (QED) is 0.833. The average Bonchev–Trinajstić information content (AvgIpc) is 2.52. The van der Waals surface area contributed by atoms with Crippen molar-refractivity contribution in [1.82, 2.24) is 0 Å². The van der Waals surface area contributed by atoms with E-state index in [4.69, 9.17) is 4.74 Å². The Labute approximate surface area is 119 Å². The molecule has 0 aliphatic rings. The van der Waals surface area contributed by atoms with Gasteiger partial charge in [0.1, 0.15) is 5.75 Å². The Morgan fingerprint density at radius 1 is 1.05 bits per heavy atom. The molecule has 2 aromatic carbocycles. The minimum atomic E-state index is 0.0818. The molecule has 2 aromatic rings. The second-order valence-corrected chi connectivity index (χ2v) is 4.61. The highest BCUT2D eigenvalue weighted by molar-refractivity contribution is 5.94. The highest BCUT2D eigenvalue weighted by Gasteiger charge is 2.14. The Hall–Kier alpha value is -2.29. The zero-order valence-corrected chi connectivity index (χ0v) is 11.9. The summed E-state index contributed by atoms with van der Waals surface area (Å²) >= 11 is 0. The Bertz CT molecular complexity index is 566. The molecule has 0 bridgehead atoms. The molecule has 3 heteroatoms. The molecule has 0 saturated carbocycles. The standard InChI is InChI=1S/C17H19NO2/c1-18(15-10-6-7-11-16(15)20-2)17(19)13-12-14-8-4-3-5-9-14/h3-11H,12-13H2,1-2H3. The molecule has 3 nitrogen and oxygen atoms in total. The first kappa shape index (κ1) is 14.1. The molecular weight excluding hydrogens is 250 g/mol. The second kappa shape index (κ2) is 6.75. The lowest BCUT2D eigenvalue weighted by Gasteiger charge is -2.19. The summed E-state index contributed by atoms with van der Waals surface area (Å²) in [6.45, 7) is 0. The van der Waals surface area contributed by atoms with Crippen LogP contribution in [0, 0.1) is 0 Å². The van der Waals surface area contributed by atoms with Gasteiger partial charge in [-0.1, -0.05) is 42.5 Å². The molecular formula is C17H19NO2. The first-order valence-electron chi connectivity index (χ1n) is 6.66. The zero-order chi connectivity index (χ0) is 14.4. The van der Waals surface area contributed by atoms with Crippen molar-refractivity contribution in [1.29, 1.82) is 0 Å². The third-order valence-corrected chi connectivity index (χ3v) is 3.29. The van der Waals surface area contributed by atoms with Crippen LogP contribution < -0.4 is 9.64 Å². The van der Waals surface area contributed by atoms with E-state index in [1.807, 2.05) is 54.6 Å². The van der Waals surface area contributed by atoms with Crippen LogP contribution in [0.1, 0.15) is 12.0 Å². The largest absolute Gasteiger partial charge is 0.495 e.